The van der Waals surface area contributed by atoms with Crippen LogP contribution in [0.25, 0.3) is 11.3 Å². The van der Waals surface area contributed by atoms with Gasteiger partial charge in [0.25, 0.3) is 0 Å². The van der Waals surface area contributed by atoms with Crippen molar-refractivity contribution >= 4 is 17.8 Å². The molecular weight excluding hydrogens is 598 g/mol. The van der Waals surface area contributed by atoms with E-state index in [-0.39, 0.29) is 24.0 Å². The Morgan fingerprint density at radius 2 is 1.72 bits per heavy atom. The van der Waals surface area contributed by atoms with E-state index in [2.05, 4.69) is 6.07 Å². The van der Waals surface area contributed by atoms with E-state index in [1.165, 1.54) is 4.90 Å². The molecule has 3 aromatic heterocycles. The predicted octanol–water partition coefficient (Wildman–Crippen LogP) is 6.00. The van der Waals surface area contributed by atoms with Gasteiger partial charge in [0.1, 0.15) is 29.6 Å². The van der Waals surface area contributed by atoms with Gasteiger partial charge < -0.3 is 23.9 Å². The molecule has 11 heteroatoms. The molecule has 7 rings (SSSR count). The molecule has 47 heavy (non-hydrogen) atoms. The van der Waals surface area contributed by atoms with Gasteiger partial charge in [0.15, 0.2) is 5.89 Å². The summed E-state index contributed by atoms with van der Waals surface area (Å²) in [6.07, 6.45) is 11.3. The van der Waals surface area contributed by atoms with E-state index in [0.717, 1.165) is 72.8 Å². The van der Waals surface area contributed by atoms with Crippen LogP contribution in [0.1, 0.15) is 93.3 Å². The van der Waals surface area contributed by atoms with Crippen molar-refractivity contribution in [3.8, 4) is 17.0 Å². The van der Waals surface area contributed by atoms with E-state index in [9.17, 15) is 14.7 Å². The van der Waals surface area contributed by atoms with Crippen molar-refractivity contribution in [2.45, 2.75) is 95.2 Å². The minimum absolute atomic E-state index is 0.0821. The van der Waals surface area contributed by atoms with Crippen molar-refractivity contribution in [2.24, 2.45) is 11.8 Å². The molecule has 3 saturated carbocycles. The summed E-state index contributed by atoms with van der Waals surface area (Å²) in [5.41, 5.74) is 3.68. The summed E-state index contributed by atoms with van der Waals surface area (Å²) in [6, 6.07) is 7.99. The van der Waals surface area contributed by atoms with Gasteiger partial charge in [-0.25, -0.2) is 14.8 Å². The molecule has 0 spiro atoms. The number of likely N-dealkylation sites (tertiary alicyclic amines) is 1. The minimum atomic E-state index is -0.461. The number of aryl methyl sites for hydroxylation is 1. The number of hydrogen-bond donors (Lipinski definition) is 1. The quantitative estimate of drug-likeness (QED) is 0.298. The Bertz CT molecular complexity index is 1570. The first-order chi connectivity index (χ1) is 22.8. The van der Waals surface area contributed by atoms with Crippen LogP contribution in [0.2, 0.25) is 0 Å². The van der Waals surface area contributed by atoms with Gasteiger partial charge in [-0.05, 0) is 101 Å². The number of β-amino-alcohol motifs (C(OH)–C–C–N with tert-alkyl or cyclic N) is 1. The number of aliphatic hydroxyl groups excluding tert-OH is 1. The van der Waals surface area contributed by atoms with Gasteiger partial charge in [0, 0.05) is 41.8 Å². The largest absolute Gasteiger partial charge is 0.495 e. The fourth-order valence-corrected chi connectivity index (χ4v) is 7.34. The maximum Gasteiger partial charge on any atom is 0.410 e. The number of aliphatic hydroxyl groups is 1. The Morgan fingerprint density at radius 3 is 2.40 bits per heavy atom. The number of amides is 2. The van der Waals surface area contributed by atoms with Gasteiger partial charge in [0.2, 0.25) is 5.91 Å². The molecule has 0 unspecified atom stereocenters. The molecule has 1 N–H and O–H groups in total. The summed E-state index contributed by atoms with van der Waals surface area (Å²) in [7, 11) is 1.67. The smallest absolute Gasteiger partial charge is 0.410 e. The number of oxazole rings is 1. The van der Waals surface area contributed by atoms with E-state index in [4.69, 9.17) is 28.8 Å². The lowest BCUT2D eigenvalue weighted by molar-refractivity contribution is -0.124. The van der Waals surface area contributed by atoms with E-state index < -0.39 is 6.10 Å². The minimum Gasteiger partial charge on any atom is -0.495 e. The van der Waals surface area contributed by atoms with E-state index in [1.807, 2.05) is 30.0 Å². The zero-order valence-electron chi connectivity index (χ0n) is 27.3. The zero-order valence-corrected chi connectivity index (χ0v) is 27.3. The number of ether oxygens (including phenoxy) is 2. The summed E-state index contributed by atoms with van der Waals surface area (Å²) < 4.78 is 16.9. The molecule has 250 valence electrons. The molecule has 4 fully saturated rings. The lowest BCUT2D eigenvalue weighted by atomic mass is 9.79. The molecule has 0 bridgehead atoms. The van der Waals surface area contributed by atoms with Gasteiger partial charge in [-0.15, -0.1) is 0 Å². The highest BCUT2D eigenvalue weighted by molar-refractivity contribution is 5.94. The molecule has 0 radical (unpaired) electrons. The van der Waals surface area contributed by atoms with Crippen molar-refractivity contribution < 1.29 is 28.6 Å². The third kappa shape index (κ3) is 7.15. The maximum atomic E-state index is 14.3. The Labute approximate surface area is 275 Å². The maximum absolute atomic E-state index is 14.3. The molecule has 11 nitrogen and oxygen atoms in total. The van der Waals surface area contributed by atoms with Gasteiger partial charge in [-0.2, -0.15) is 0 Å². The number of anilines is 1. The fraction of sp³-hybridized carbons (Fsp3) is 0.583. The first-order valence-electron chi connectivity index (χ1n) is 17.2. The molecule has 3 aliphatic carbocycles. The second-order valence-corrected chi connectivity index (χ2v) is 13.9. The van der Waals surface area contributed by atoms with E-state index in [1.54, 1.807) is 19.6 Å². The number of hydrogen-bond acceptors (Lipinski definition) is 9. The number of methoxy groups -OCH3 is 1. The van der Waals surface area contributed by atoms with Crippen LogP contribution in [-0.4, -0.2) is 75.9 Å². The summed E-state index contributed by atoms with van der Waals surface area (Å²) in [5, 5.41) is 9.52. The average Bonchev–Trinajstić information content (AvgIpc) is 3.81. The Hall–Kier alpha value is -3.99. The number of rotatable bonds is 9. The van der Waals surface area contributed by atoms with Crippen molar-refractivity contribution in [3.63, 3.8) is 0 Å². The second kappa shape index (κ2) is 13.6. The number of pyridine rings is 2. The lowest BCUT2D eigenvalue weighted by Crippen LogP contribution is -2.54. The van der Waals surface area contributed by atoms with Crippen LogP contribution >= 0.6 is 0 Å². The third-order valence-electron chi connectivity index (χ3n) is 10.4. The van der Waals surface area contributed by atoms with Crippen molar-refractivity contribution in [3.05, 3.63) is 54.0 Å². The topological polar surface area (TPSA) is 131 Å². The normalized spacial score (nSPS) is 24.8. The molecule has 0 atom stereocenters. The number of nitrogens with zero attached hydrogens (tertiary/aromatic N) is 5. The predicted molar refractivity (Wildman–Crippen MR) is 174 cm³/mol. The second-order valence-electron chi connectivity index (χ2n) is 13.9. The van der Waals surface area contributed by atoms with Crippen LogP contribution in [0.3, 0.4) is 0 Å². The summed E-state index contributed by atoms with van der Waals surface area (Å²) in [6.45, 7) is 3.24. The highest BCUT2D eigenvalue weighted by atomic mass is 16.6. The molecule has 2 amide bonds. The molecular formula is C36H45N5O6. The first kappa shape index (κ1) is 31.6. The Kier molecular flexibility index (Phi) is 9.16. The highest BCUT2D eigenvalue weighted by Gasteiger charge is 2.36. The fourth-order valence-electron chi connectivity index (χ4n) is 7.34. The number of carbonyl (C=O) groups is 2. The zero-order chi connectivity index (χ0) is 32.5. The van der Waals surface area contributed by atoms with Crippen LogP contribution in [0.4, 0.5) is 10.6 Å². The third-order valence-corrected chi connectivity index (χ3v) is 10.4. The van der Waals surface area contributed by atoms with Gasteiger partial charge in [0.05, 0.1) is 32.0 Å². The Morgan fingerprint density at radius 1 is 0.979 bits per heavy atom. The summed E-state index contributed by atoms with van der Waals surface area (Å²) in [5.74, 6) is 3.31. The molecule has 0 aromatic carbocycles. The standard InChI is InChI=1S/C36H45N5O6/c1-22-32(45-2)14-13-30(38-22)24-5-3-23(4-6-24)18-41(33-17-27(15-16-37-33)31-21-46-34(39-31)25-7-8-25)35(43)26-9-11-29(12-10-26)47-36(44)40-19-28(42)20-40/h13-17,21,23-26,28-29,42H,3-12,18-20H2,1-2H3. The van der Waals surface area contributed by atoms with Crippen LogP contribution in [-0.2, 0) is 9.53 Å². The highest BCUT2D eigenvalue weighted by Crippen LogP contribution is 2.41. The SMILES string of the molecule is COc1ccc(C2CCC(CN(C(=O)C3CCC(OC(=O)N4CC(O)C4)CC3)c3cc(-c4coc(C5CC5)n4)ccn3)CC2)nc1C. The molecule has 1 aliphatic heterocycles. The lowest BCUT2D eigenvalue weighted by Gasteiger charge is -2.37. The van der Waals surface area contributed by atoms with Crippen molar-refractivity contribution in [1.82, 2.24) is 19.9 Å². The number of aromatic nitrogens is 3. The molecule has 3 aromatic rings. The van der Waals surface area contributed by atoms with Gasteiger partial charge in [-0.3, -0.25) is 14.7 Å². The van der Waals surface area contributed by atoms with E-state index in [0.29, 0.717) is 68.9 Å². The molecule has 1 saturated heterocycles. The molecule has 4 heterocycles. The van der Waals surface area contributed by atoms with Crippen LogP contribution in [0.15, 0.2) is 41.1 Å². The van der Waals surface area contributed by atoms with Gasteiger partial charge in [-0.1, -0.05) is 0 Å². The Balaban J connectivity index is 1.04. The van der Waals surface area contributed by atoms with E-state index >= 15 is 0 Å². The summed E-state index contributed by atoms with van der Waals surface area (Å²) in [4.78, 5) is 44.4. The molecule has 4 aliphatic rings. The summed E-state index contributed by atoms with van der Waals surface area (Å²) >= 11 is 0. The van der Waals surface area contributed by atoms with Crippen molar-refractivity contribution in [2.75, 3.05) is 31.6 Å². The number of carbonyl (C=O) groups excluding carboxylic acids is 2. The van der Waals surface area contributed by atoms with Crippen molar-refractivity contribution in [1.29, 1.82) is 0 Å². The average molecular weight is 644 g/mol. The van der Waals surface area contributed by atoms with Crippen LogP contribution < -0.4 is 9.64 Å². The van der Waals surface area contributed by atoms with Crippen LogP contribution in [0, 0.1) is 18.8 Å². The monoisotopic (exact) mass is 643 g/mol. The first-order valence-corrected chi connectivity index (χ1v) is 17.2. The van der Waals surface area contributed by atoms with Gasteiger partial charge >= 0.3 is 6.09 Å². The van der Waals surface area contributed by atoms with Crippen LogP contribution in [0.5, 0.6) is 5.75 Å².